The second kappa shape index (κ2) is 4.06. The second-order valence-electron chi connectivity index (χ2n) is 3.13. The highest BCUT2D eigenvalue weighted by Gasteiger charge is 2.25. The van der Waals surface area contributed by atoms with Gasteiger partial charge < -0.3 is 10.5 Å². The van der Waals surface area contributed by atoms with Crippen molar-refractivity contribution in [2.45, 2.75) is 9.92 Å². The summed E-state index contributed by atoms with van der Waals surface area (Å²) in [6, 6.07) is 5.83. The molecule has 7 nitrogen and oxygen atoms in total. The van der Waals surface area contributed by atoms with Gasteiger partial charge in [-0.3, -0.25) is 0 Å². The number of aromatic nitrogens is 2. The van der Waals surface area contributed by atoms with Crippen molar-refractivity contribution in [2.75, 3.05) is 12.8 Å². The molecule has 90 valence electrons. The maximum absolute atomic E-state index is 12.0. The van der Waals surface area contributed by atoms with Crippen molar-refractivity contribution in [3.63, 3.8) is 0 Å². The van der Waals surface area contributed by atoms with E-state index in [4.69, 9.17) is 10.5 Å². The third kappa shape index (κ3) is 1.94. The minimum Gasteiger partial charge on any atom is -0.497 e. The van der Waals surface area contributed by atoms with Gasteiger partial charge in [-0.05, 0) is 34.6 Å². The van der Waals surface area contributed by atoms with Gasteiger partial charge >= 0.3 is 0 Å². The molecule has 0 saturated heterocycles. The van der Waals surface area contributed by atoms with Gasteiger partial charge in [0, 0.05) is 0 Å². The van der Waals surface area contributed by atoms with Gasteiger partial charge in [-0.1, -0.05) is 0 Å². The lowest BCUT2D eigenvalue weighted by Gasteiger charge is -2.02. The van der Waals surface area contributed by atoms with E-state index in [0.717, 1.165) is 0 Å². The quantitative estimate of drug-likeness (QED) is 0.850. The van der Waals surface area contributed by atoms with Gasteiger partial charge in [-0.25, -0.2) is 13.0 Å². The summed E-state index contributed by atoms with van der Waals surface area (Å²) in [6.45, 7) is 0. The molecule has 0 spiro atoms. The average Bonchev–Trinajstić information content (AvgIpc) is 2.76. The van der Waals surface area contributed by atoms with Crippen LogP contribution in [0.4, 0.5) is 5.82 Å². The Bertz CT molecular complexity index is 618. The van der Waals surface area contributed by atoms with Gasteiger partial charge in [0.05, 0.1) is 12.0 Å². The first kappa shape index (κ1) is 11.4. The molecule has 0 aliphatic carbocycles. The fourth-order valence-electron chi connectivity index (χ4n) is 1.24. The number of benzene rings is 1. The van der Waals surface area contributed by atoms with E-state index < -0.39 is 9.84 Å². The number of ether oxygens (including phenoxy) is 1. The molecule has 2 aromatic rings. The van der Waals surface area contributed by atoms with E-state index in [0.29, 0.717) is 5.75 Å². The number of hydrogen-bond acceptors (Lipinski definition) is 7. The van der Waals surface area contributed by atoms with E-state index in [9.17, 15) is 8.42 Å². The number of methoxy groups -OCH3 is 1. The second-order valence-corrected chi connectivity index (χ2v) is 5.00. The van der Waals surface area contributed by atoms with Crippen LogP contribution in [0.2, 0.25) is 0 Å². The van der Waals surface area contributed by atoms with Crippen molar-refractivity contribution in [3.8, 4) is 5.75 Å². The van der Waals surface area contributed by atoms with Crippen molar-refractivity contribution in [1.29, 1.82) is 0 Å². The van der Waals surface area contributed by atoms with Crippen LogP contribution in [0.3, 0.4) is 0 Å². The lowest BCUT2D eigenvalue weighted by molar-refractivity contribution is 0.298. The minimum absolute atomic E-state index is 0.0423. The molecule has 0 fully saturated rings. The fourth-order valence-corrected chi connectivity index (χ4v) is 2.40. The molecule has 0 radical (unpaired) electrons. The summed E-state index contributed by atoms with van der Waals surface area (Å²) in [4.78, 5) is 0.0423. The molecular formula is C9H9N3O4S. The van der Waals surface area contributed by atoms with Gasteiger partial charge in [0.2, 0.25) is 20.7 Å². The zero-order valence-corrected chi connectivity index (χ0v) is 9.64. The van der Waals surface area contributed by atoms with Gasteiger partial charge in [0.1, 0.15) is 5.75 Å². The molecule has 17 heavy (non-hydrogen) atoms. The molecule has 0 saturated carbocycles. The molecule has 0 aliphatic rings. The van der Waals surface area contributed by atoms with E-state index in [2.05, 4.69) is 14.9 Å². The molecule has 2 N–H and O–H groups in total. The summed E-state index contributed by atoms with van der Waals surface area (Å²) in [5.74, 6) is 0.288. The molecule has 0 aliphatic heterocycles. The number of nitrogen functional groups attached to an aromatic ring is 1. The van der Waals surface area contributed by atoms with Crippen LogP contribution in [-0.4, -0.2) is 25.8 Å². The standard InChI is InChI=1S/C9H9N3O4S/c1-15-6-2-4-7(5-3-6)17(13,14)9-8(10)11-16-12-9/h2-5H,1H3,(H2,10,11). The Morgan fingerprint density at radius 1 is 1.24 bits per heavy atom. The van der Waals surface area contributed by atoms with Crippen molar-refractivity contribution < 1.29 is 17.8 Å². The number of nitrogens with two attached hydrogens (primary N) is 1. The maximum Gasteiger partial charge on any atom is 0.247 e. The van der Waals surface area contributed by atoms with Crippen LogP contribution in [0.15, 0.2) is 38.8 Å². The zero-order valence-electron chi connectivity index (χ0n) is 8.82. The third-order valence-corrected chi connectivity index (χ3v) is 3.79. The predicted octanol–water partition coefficient (Wildman–Crippen LogP) is 0.493. The van der Waals surface area contributed by atoms with Crippen LogP contribution in [0.25, 0.3) is 0 Å². The Morgan fingerprint density at radius 3 is 2.35 bits per heavy atom. The van der Waals surface area contributed by atoms with Crippen molar-refractivity contribution in [1.82, 2.24) is 10.3 Å². The van der Waals surface area contributed by atoms with Gasteiger partial charge in [-0.15, -0.1) is 0 Å². The summed E-state index contributed by atoms with van der Waals surface area (Å²) in [7, 11) is -2.31. The lowest BCUT2D eigenvalue weighted by Crippen LogP contribution is -2.05. The normalized spacial score (nSPS) is 11.4. The first-order chi connectivity index (χ1) is 8.05. The predicted molar refractivity (Wildman–Crippen MR) is 57.2 cm³/mol. The molecule has 1 heterocycles. The first-order valence-electron chi connectivity index (χ1n) is 4.53. The lowest BCUT2D eigenvalue weighted by atomic mass is 10.3. The fraction of sp³-hybridized carbons (Fsp3) is 0.111. The van der Waals surface area contributed by atoms with E-state index in [-0.39, 0.29) is 15.7 Å². The Kier molecular flexibility index (Phi) is 2.72. The van der Waals surface area contributed by atoms with Gasteiger partial charge in [0.25, 0.3) is 0 Å². The SMILES string of the molecule is COc1ccc(S(=O)(=O)c2nonc2N)cc1. The van der Waals surface area contributed by atoms with Crippen molar-refractivity contribution >= 4 is 15.7 Å². The van der Waals surface area contributed by atoms with Crippen LogP contribution < -0.4 is 10.5 Å². The Balaban J connectivity index is 2.49. The number of nitrogens with zero attached hydrogens (tertiary/aromatic N) is 2. The molecule has 2 rings (SSSR count). The smallest absolute Gasteiger partial charge is 0.247 e. The Morgan fingerprint density at radius 2 is 1.88 bits per heavy atom. The molecule has 1 aromatic heterocycles. The van der Waals surface area contributed by atoms with Crippen molar-refractivity contribution in [2.24, 2.45) is 0 Å². The molecule has 1 aromatic carbocycles. The minimum atomic E-state index is -3.80. The number of anilines is 1. The van der Waals surface area contributed by atoms with Gasteiger partial charge in [0.15, 0.2) is 0 Å². The highest BCUT2D eigenvalue weighted by Crippen LogP contribution is 2.24. The Labute approximate surface area is 97.1 Å². The van der Waals surface area contributed by atoms with Crippen LogP contribution in [-0.2, 0) is 9.84 Å². The van der Waals surface area contributed by atoms with E-state index in [1.54, 1.807) is 0 Å². The first-order valence-corrected chi connectivity index (χ1v) is 6.01. The molecular weight excluding hydrogens is 246 g/mol. The van der Waals surface area contributed by atoms with Crippen molar-refractivity contribution in [3.05, 3.63) is 24.3 Å². The average molecular weight is 255 g/mol. The van der Waals surface area contributed by atoms with Crippen LogP contribution in [0.1, 0.15) is 0 Å². The third-order valence-electron chi connectivity index (χ3n) is 2.11. The van der Waals surface area contributed by atoms with E-state index in [1.807, 2.05) is 0 Å². The molecule has 0 atom stereocenters. The summed E-state index contributed by atoms with van der Waals surface area (Å²) < 4.78 is 33.3. The van der Waals surface area contributed by atoms with Crippen LogP contribution >= 0.6 is 0 Å². The highest BCUT2D eigenvalue weighted by molar-refractivity contribution is 7.91. The topological polar surface area (TPSA) is 108 Å². The van der Waals surface area contributed by atoms with Crippen LogP contribution in [0.5, 0.6) is 5.75 Å². The monoisotopic (exact) mass is 255 g/mol. The summed E-state index contributed by atoms with van der Waals surface area (Å²) in [6.07, 6.45) is 0. The molecule has 0 unspecified atom stereocenters. The maximum atomic E-state index is 12.0. The number of rotatable bonds is 3. The Hall–Kier alpha value is -2.09. The summed E-state index contributed by atoms with van der Waals surface area (Å²) >= 11 is 0. The van der Waals surface area contributed by atoms with Crippen LogP contribution in [0, 0.1) is 0 Å². The number of hydrogen-bond donors (Lipinski definition) is 1. The molecule has 8 heteroatoms. The van der Waals surface area contributed by atoms with E-state index in [1.165, 1.54) is 31.4 Å². The molecule has 0 bridgehead atoms. The van der Waals surface area contributed by atoms with Gasteiger partial charge in [-0.2, -0.15) is 0 Å². The highest BCUT2D eigenvalue weighted by atomic mass is 32.2. The molecule has 0 amide bonds. The summed E-state index contributed by atoms with van der Waals surface area (Å²) in [5, 5.41) is 6.12. The van der Waals surface area contributed by atoms with E-state index >= 15 is 0 Å². The summed E-state index contributed by atoms with van der Waals surface area (Å²) in [5.41, 5.74) is 5.35. The largest absolute Gasteiger partial charge is 0.497 e. The zero-order chi connectivity index (χ0) is 12.5. The number of sulfone groups is 1.